The summed E-state index contributed by atoms with van der Waals surface area (Å²) in [5.41, 5.74) is 4.62. The van der Waals surface area contributed by atoms with Crippen LogP contribution in [0.4, 0.5) is 29.6 Å². The van der Waals surface area contributed by atoms with Crippen molar-refractivity contribution in [3.63, 3.8) is 0 Å². The maximum atomic E-state index is 11.9. The van der Waals surface area contributed by atoms with Gasteiger partial charge in [-0.1, -0.05) is 12.1 Å². The molecule has 6 nitrogen and oxygen atoms in total. The fraction of sp³-hybridized carbons (Fsp3) is 0.556. The van der Waals surface area contributed by atoms with Crippen molar-refractivity contribution in [3.8, 4) is 0 Å². The number of fused-ring (bicyclic) bond motifs is 4. The van der Waals surface area contributed by atoms with Gasteiger partial charge in [0.05, 0.1) is 22.8 Å². The molecule has 5 heterocycles. The maximum Gasteiger partial charge on any atom is 3.00 e. The zero-order valence-electron chi connectivity index (χ0n) is 30.7. The number of hydrogen-bond donors (Lipinski definition) is 0. The molecular weight excluding hydrogens is 823 g/mol. The zero-order chi connectivity index (χ0) is 37.5. The van der Waals surface area contributed by atoms with Gasteiger partial charge in [0, 0.05) is 69.5 Å². The van der Waals surface area contributed by atoms with Gasteiger partial charge in [-0.15, -0.1) is 12.1 Å². The molecule has 0 unspecified atom stereocenters. The summed E-state index contributed by atoms with van der Waals surface area (Å²) in [4.78, 5) is 14.8. The van der Waals surface area contributed by atoms with Crippen LogP contribution < -0.4 is 17.0 Å². The zero-order valence-corrected chi connectivity index (χ0v) is 34.1. The SMILES string of the molecule is C1CCOC1.C1CCOC1.CC(C)(C)N1Cc2cccc(n2)CN(C(C)(C)C)Cc2cccc(n2)C1.F[P-](F)(F)(F)(F)F.Fc1cc[c-]cc1.[Br-].[Ni+3]. The molecule has 0 saturated carbocycles. The minimum atomic E-state index is -10.7. The summed E-state index contributed by atoms with van der Waals surface area (Å²) in [6, 6.07) is 21.3. The summed E-state index contributed by atoms with van der Waals surface area (Å²) in [6.07, 6.45) is 5.11. The fourth-order valence-corrected chi connectivity index (χ4v) is 4.64. The molecule has 3 aliphatic heterocycles. The van der Waals surface area contributed by atoms with Gasteiger partial charge in [-0.2, -0.15) is 18.2 Å². The number of hydrogen-bond acceptors (Lipinski definition) is 6. The van der Waals surface area contributed by atoms with Crippen LogP contribution in [0.25, 0.3) is 0 Å². The summed E-state index contributed by atoms with van der Waals surface area (Å²) < 4.78 is 81.0. The molecule has 1 aromatic carbocycles. The van der Waals surface area contributed by atoms with Crippen molar-refractivity contribution < 1.29 is 72.5 Å². The largest absolute Gasteiger partial charge is 3.00 e. The summed E-state index contributed by atoms with van der Waals surface area (Å²) in [5, 5.41) is 0. The molecule has 2 saturated heterocycles. The van der Waals surface area contributed by atoms with Gasteiger partial charge in [-0.05, 0) is 91.5 Å². The van der Waals surface area contributed by atoms with Crippen LogP contribution in [0.3, 0.4) is 0 Å². The first-order valence-corrected chi connectivity index (χ1v) is 18.7. The summed E-state index contributed by atoms with van der Waals surface area (Å²) in [5.74, 6) is -0.209. The monoisotopic (exact) mass is 873 g/mol. The predicted octanol–water partition coefficient (Wildman–Crippen LogP) is 7.99. The Balaban J connectivity index is 0.000000805. The Morgan fingerprint density at radius 1 is 0.577 bits per heavy atom. The van der Waals surface area contributed by atoms with Crippen LogP contribution in [0, 0.1) is 11.9 Å². The van der Waals surface area contributed by atoms with E-state index in [9.17, 15) is 29.6 Å². The van der Waals surface area contributed by atoms with Crippen molar-refractivity contribution in [2.75, 3.05) is 26.4 Å². The Morgan fingerprint density at radius 3 is 1.02 bits per heavy atom. The van der Waals surface area contributed by atoms with Gasteiger partial charge in [0.15, 0.2) is 0 Å². The number of nitrogens with zero attached hydrogens (tertiary/aromatic N) is 4. The number of halogens is 8. The van der Waals surface area contributed by atoms with Gasteiger partial charge in [0.25, 0.3) is 0 Å². The van der Waals surface area contributed by atoms with Gasteiger partial charge < -0.3 is 26.5 Å². The van der Waals surface area contributed by atoms with Crippen molar-refractivity contribution in [2.24, 2.45) is 0 Å². The van der Waals surface area contributed by atoms with Crippen molar-refractivity contribution in [1.29, 1.82) is 0 Å². The Labute approximate surface area is 325 Å². The molecule has 4 bridgehead atoms. The third-order valence-electron chi connectivity index (χ3n) is 7.37. The molecule has 0 amide bonds. The number of ether oxygens (including phenoxy) is 2. The van der Waals surface area contributed by atoms with Crippen LogP contribution in [0.15, 0.2) is 60.7 Å². The van der Waals surface area contributed by atoms with E-state index in [4.69, 9.17) is 19.4 Å². The third kappa shape index (κ3) is 26.1. The van der Waals surface area contributed by atoms with Crippen LogP contribution in [0.2, 0.25) is 0 Å². The molecule has 52 heavy (non-hydrogen) atoms. The Morgan fingerprint density at radius 2 is 0.846 bits per heavy atom. The molecule has 0 aliphatic carbocycles. The number of rotatable bonds is 0. The minimum Gasteiger partial charge on any atom is -1.00 e. The molecule has 1 radical (unpaired) electrons. The van der Waals surface area contributed by atoms with E-state index in [1.54, 1.807) is 0 Å². The van der Waals surface area contributed by atoms with Crippen molar-refractivity contribution in [2.45, 2.75) is 104 Å². The van der Waals surface area contributed by atoms with Crippen molar-refractivity contribution in [3.05, 3.63) is 95.3 Å². The molecule has 3 aromatic rings. The maximum absolute atomic E-state index is 11.9. The number of benzene rings is 1. The molecule has 0 N–H and O–H groups in total. The van der Waals surface area contributed by atoms with Gasteiger partial charge in [0.1, 0.15) is 0 Å². The van der Waals surface area contributed by atoms with E-state index in [-0.39, 0.29) is 50.4 Å². The topological polar surface area (TPSA) is 50.7 Å². The summed E-state index contributed by atoms with van der Waals surface area (Å²) in [7, 11) is -10.7. The average Bonchev–Trinajstić information content (AvgIpc) is 3.75. The van der Waals surface area contributed by atoms with Crippen LogP contribution >= 0.6 is 7.81 Å². The van der Waals surface area contributed by atoms with E-state index in [0.717, 1.165) is 75.4 Å². The van der Waals surface area contributed by atoms with Crippen LogP contribution in [-0.4, -0.2) is 57.3 Å². The van der Waals surface area contributed by atoms with Crippen molar-refractivity contribution >= 4 is 7.81 Å². The van der Waals surface area contributed by atoms with E-state index in [1.807, 2.05) is 0 Å². The third-order valence-corrected chi connectivity index (χ3v) is 7.37. The fourth-order valence-electron chi connectivity index (χ4n) is 4.64. The van der Waals surface area contributed by atoms with E-state index in [0.29, 0.717) is 0 Å². The first-order valence-electron chi connectivity index (χ1n) is 16.7. The van der Waals surface area contributed by atoms with E-state index in [1.165, 1.54) is 49.9 Å². The Kier molecular flexibility index (Phi) is 20.7. The summed E-state index contributed by atoms with van der Waals surface area (Å²) >= 11 is 0. The van der Waals surface area contributed by atoms with Crippen LogP contribution in [-0.2, 0) is 52.1 Å². The Bertz CT molecular complexity index is 1280. The van der Waals surface area contributed by atoms with E-state index in [2.05, 4.69) is 93.8 Å². The molecule has 2 fully saturated rings. The second kappa shape index (κ2) is 21.4. The smallest absolute Gasteiger partial charge is 1.00 e. The normalized spacial score (nSPS) is 17.6. The minimum absolute atomic E-state index is 0. The van der Waals surface area contributed by atoms with Gasteiger partial charge in [-0.3, -0.25) is 19.8 Å². The molecule has 16 heteroatoms. The molecular formula is C36H52BrF7N4NiO2P. The molecule has 6 rings (SSSR count). The first-order chi connectivity index (χ1) is 23.0. The number of aromatic nitrogens is 2. The second-order valence-electron chi connectivity index (χ2n) is 14.1. The van der Waals surface area contributed by atoms with E-state index >= 15 is 0 Å². The second-order valence-corrected chi connectivity index (χ2v) is 16.0. The molecule has 299 valence electrons. The van der Waals surface area contributed by atoms with E-state index < -0.39 is 7.81 Å². The standard InChI is InChI=1S/C22H32N4.C6H4F.2C4H8O.BrH.F6P.Ni/c1-21(2,3)25-13-17-9-7-11-19(23-17)15-26(22(4,5)6)16-20-12-8-10-18(14-25)24-20;7-6-4-2-1-3-5-6;2*1-2-4-5-3-1;;1-7(2,3,4,5)6;/h7-12H,13-16H2,1-6H3;2-5H;2*1-4H2;1H;;/q;-1;;;;-1;+3/p-1. The number of pyridine rings is 2. The molecule has 2 aromatic heterocycles. The van der Waals surface area contributed by atoms with Gasteiger partial charge in [0.2, 0.25) is 0 Å². The summed E-state index contributed by atoms with van der Waals surface area (Å²) in [6.45, 7) is 20.9. The molecule has 0 spiro atoms. The molecule has 0 atom stereocenters. The molecule has 3 aliphatic rings. The van der Waals surface area contributed by atoms with Gasteiger partial charge >= 0.3 is 49.5 Å². The quantitative estimate of drug-likeness (QED) is 0.0989. The van der Waals surface area contributed by atoms with Gasteiger partial charge in [-0.25, -0.2) is 4.39 Å². The van der Waals surface area contributed by atoms with Crippen molar-refractivity contribution in [1.82, 2.24) is 19.8 Å². The van der Waals surface area contributed by atoms with Crippen LogP contribution in [0.1, 0.15) is 90.0 Å². The van der Waals surface area contributed by atoms with Crippen LogP contribution in [0.5, 0.6) is 0 Å². The first kappa shape index (κ1) is 50.3. The predicted molar refractivity (Wildman–Crippen MR) is 185 cm³/mol. The Hall–Kier alpha value is -1.73. The average molecular weight is 875 g/mol.